The van der Waals surface area contributed by atoms with Crippen LogP contribution in [0.5, 0.6) is 0 Å². The summed E-state index contributed by atoms with van der Waals surface area (Å²) in [4.78, 5) is 0. The lowest BCUT2D eigenvalue weighted by molar-refractivity contribution is 0.634. The van der Waals surface area contributed by atoms with Gasteiger partial charge in [0.2, 0.25) is 0 Å². The monoisotopic (exact) mass is 293 g/mol. The number of hydrogen-bond acceptors (Lipinski definition) is 1. The van der Waals surface area contributed by atoms with Gasteiger partial charge >= 0.3 is 0 Å². The van der Waals surface area contributed by atoms with Crippen LogP contribution in [0.2, 0.25) is 10.0 Å². The molecular weight excluding hydrogens is 277 g/mol. The predicted octanol–water partition coefficient (Wildman–Crippen LogP) is 4.67. The Morgan fingerprint density at radius 1 is 1.00 bits per heavy atom. The van der Waals surface area contributed by atoms with E-state index in [1.165, 1.54) is 5.56 Å². The van der Waals surface area contributed by atoms with Crippen molar-refractivity contribution >= 4 is 23.2 Å². The molecule has 0 aliphatic rings. The fourth-order valence-corrected chi connectivity index (χ4v) is 2.62. The molecule has 0 radical (unpaired) electrons. The Balaban J connectivity index is 2.06. The van der Waals surface area contributed by atoms with Gasteiger partial charge in [0.25, 0.3) is 0 Å². The fraction of sp³-hybridized carbons (Fsp3) is 0.250. The van der Waals surface area contributed by atoms with Crippen molar-refractivity contribution in [3.05, 3.63) is 69.7 Å². The zero-order valence-electron chi connectivity index (χ0n) is 10.7. The molecular formula is C16H17Cl2N. The highest BCUT2D eigenvalue weighted by Gasteiger charge is 2.10. The molecule has 0 saturated heterocycles. The van der Waals surface area contributed by atoms with Crippen molar-refractivity contribution < 1.29 is 0 Å². The molecule has 2 rings (SSSR count). The minimum Gasteiger partial charge on any atom is -0.330 e. The van der Waals surface area contributed by atoms with E-state index in [4.69, 9.17) is 28.9 Å². The maximum atomic E-state index is 6.18. The fourth-order valence-electron chi connectivity index (χ4n) is 2.21. The second-order valence-corrected chi connectivity index (χ2v) is 5.46. The van der Waals surface area contributed by atoms with E-state index >= 15 is 0 Å². The van der Waals surface area contributed by atoms with Crippen molar-refractivity contribution in [1.29, 1.82) is 0 Å². The highest BCUT2D eigenvalue weighted by molar-refractivity contribution is 6.33. The first kappa shape index (κ1) is 14.4. The Morgan fingerprint density at radius 2 is 1.74 bits per heavy atom. The topological polar surface area (TPSA) is 26.0 Å². The van der Waals surface area contributed by atoms with Crippen LogP contribution in [0.25, 0.3) is 0 Å². The molecule has 0 bridgehead atoms. The maximum Gasteiger partial charge on any atom is 0.0439 e. The summed E-state index contributed by atoms with van der Waals surface area (Å²) in [6, 6.07) is 15.9. The van der Waals surface area contributed by atoms with Gasteiger partial charge in [-0.2, -0.15) is 0 Å². The third-order valence-electron chi connectivity index (χ3n) is 3.33. The van der Waals surface area contributed by atoms with E-state index in [9.17, 15) is 0 Å². The largest absolute Gasteiger partial charge is 0.330 e. The van der Waals surface area contributed by atoms with E-state index in [0.29, 0.717) is 12.5 Å². The maximum absolute atomic E-state index is 6.18. The van der Waals surface area contributed by atoms with E-state index in [-0.39, 0.29) is 0 Å². The molecule has 1 nitrogen and oxygen atoms in total. The second kappa shape index (κ2) is 6.95. The Hall–Kier alpha value is -1.02. The van der Waals surface area contributed by atoms with Crippen LogP contribution in [-0.4, -0.2) is 6.54 Å². The van der Waals surface area contributed by atoms with Crippen LogP contribution in [0, 0.1) is 0 Å². The van der Waals surface area contributed by atoms with Crippen LogP contribution in [0.1, 0.15) is 23.5 Å². The van der Waals surface area contributed by atoms with Gasteiger partial charge in [-0.15, -0.1) is 0 Å². The van der Waals surface area contributed by atoms with Gasteiger partial charge < -0.3 is 5.73 Å². The number of benzene rings is 2. The normalized spacial score (nSPS) is 12.4. The molecule has 0 fully saturated rings. The van der Waals surface area contributed by atoms with Gasteiger partial charge in [0, 0.05) is 10.0 Å². The van der Waals surface area contributed by atoms with E-state index < -0.39 is 0 Å². The molecule has 2 aromatic carbocycles. The van der Waals surface area contributed by atoms with Crippen LogP contribution < -0.4 is 5.73 Å². The lowest BCUT2D eigenvalue weighted by Crippen LogP contribution is -2.13. The van der Waals surface area contributed by atoms with Crippen LogP contribution in [-0.2, 0) is 6.42 Å². The SMILES string of the molecule is NCC(CCc1cc(Cl)ccc1Cl)c1ccccc1. The van der Waals surface area contributed by atoms with Gasteiger partial charge in [-0.05, 0) is 54.6 Å². The molecule has 19 heavy (non-hydrogen) atoms. The van der Waals surface area contributed by atoms with Gasteiger partial charge in [-0.25, -0.2) is 0 Å². The minimum atomic E-state index is 0.358. The van der Waals surface area contributed by atoms with Gasteiger partial charge in [0.1, 0.15) is 0 Å². The van der Waals surface area contributed by atoms with E-state index in [0.717, 1.165) is 28.5 Å². The highest BCUT2D eigenvalue weighted by atomic mass is 35.5. The Kier molecular flexibility index (Phi) is 5.26. The zero-order valence-corrected chi connectivity index (χ0v) is 12.2. The standard InChI is InChI=1S/C16H17Cl2N/c17-15-8-9-16(18)13(10-15)6-7-14(11-19)12-4-2-1-3-5-12/h1-5,8-10,14H,6-7,11,19H2. The van der Waals surface area contributed by atoms with Crippen molar-refractivity contribution in [3.8, 4) is 0 Å². The van der Waals surface area contributed by atoms with E-state index in [1.807, 2.05) is 36.4 Å². The van der Waals surface area contributed by atoms with E-state index in [2.05, 4.69) is 12.1 Å². The molecule has 2 N–H and O–H groups in total. The Morgan fingerprint density at radius 3 is 2.42 bits per heavy atom. The average molecular weight is 294 g/mol. The summed E-state index contributed by atoms with van der Waals surface area (Å²) in [7, 11) is 0. The predicted molar refractivity (Wildman–Crippen MR) is 83.0 cm³/mol. The molecule has 0 amide bonds. The van der Waals surface area contributed by atoms with Crippen molar-refractivity contribution in [1.82, 2.24) is 0 Å². The van der Waals surface area contributed by atoms with Crippen molar-refractivity contribution in [3.63, 3.8) is 0 Å². The molecule has 1 unspecified atom stereocenters. The second-order valence-electron chi connectivity index (χ2n) is 4.62. The van der Waals surface area contributed by atoms with Crippen molar-refractivity contribution in [2.24, 2.45) is 5.73 Å². The molecule has 0 aliphatic carbocycles. The molecule has 100 valence electrons. The van der Waals surface area contributed by atoms with Gasteiger partial charge in [-0.1, -0.05) is 53.5 Å². The summed E-state index contributed by atoms with van der Waals surface area (Å²) in [5, 5.41) is 1.50. The molecule has 2 aromatic rings. The first-order chi connectivity index (χ1) is 9.20. The van der Waals surface area contributed by atoms with Gasteiger partial charge in [0.05, 0.1) is 0 Å². The van der Waals surface area contributed by atoms with Crippen molar-refractivity contribution in [2.75, 3.05) is 6.54 Å². The summed E-state index contributed by atoms with van der Waals surface area (Å²) in [5.74, 6) is 0.358. The number of aryl methyl sites for hydroxylation is 1. The van der Waals surface area contributed by atoms with E-state index in [1.54, 1.807) is 0 Å². The third kappa shape index (κ3) is 3.97. The van der Waals surface area contributed by atoms with Crippen LogP contribution in [0.15, 0.2) is 48.5 Å². The average Bonchev–Trinajstić information content (AvgIpc) is 2.44. The molecule has 0 spiro atoms. The summed E-state index contributed by atoms with van der Waals surface area (Å²) in [5.41, 5.74) is 8.25. The summed E-state index contributed by atoms with van der Waals surface area (Å²) < 4.78 is 0. The Labute approximate surface area is 124 Å². The Bertz CT molecular complexity index is 526. The molecule has 3 heteroatoms. The first-order valence-corrected chi connectivity index (χ1v) is 7.15. The molecule has 0 saturated carbocycles. The molecule has 0 aliphatic heterocycles. The van der Waals surface area contributed by atoms with Gasteiger partial charge in [-0.3, -0.25) is 0 Å². The highest BCUT2D eigenvalue weighted by Crippen LogP contribution is 2.26. The summed E-state index contributed by atoms with van der Waals surface area (Å²) >= 11 is 12.2. The molecule has 1 atom stereocenters. The first-order valence-electron chi connectivity index (χ1n) is 6.39. The quantitative estimate of drug-likeness (QED) is 0.852. The van der Waals surface area contributed by atoms with Crippen LogP contribution in [0.3, 0.4) is 0 Å². The summed E-state index contributed by atoms with van der Waals surface area (Å²) in [6.07, 6.45) is 1.86. The molecule has 0 aromatic heterocycles. The lowest BCUT2D eigenvalue weighted by atomic mass is 9.92. The number of halogens is 2. The van der Waals surface area contributed by atoms with Gasteiger partial charge in [0.15, 0.2) is 0 Å². The number of hydrogen-bond donors (Lipinski definition) is 1. The molecule has 0 heterocycles. The van der Waals surface area contributed by atoms with Crippen LogP contribution in [0.4, 0.5) is 0 Å². The van der Waals surface area contributed by atoms with Crippen LogP contribution >= 0.6 is 23.2 Å². The minimum absolute atomic E-state index is 0.358. The smallest absolute Gasteiger partial charge is 0.0439 e. The summed E-state index contributed by atoms with van der Waals surface area (Å²) in [6.45, 7) is 0.641. The number of nitrogens with two attached hydrogens (primary N) is 1. The zero-order chi connectivity index (χ0) is 13.7. The van der Waals surface area contributed by atoms with Crippen molar-refractivity contribution in [2.45, 2.75) is 18.8 Å². The number of rotatable bonds is 5. The third-order valence-corrected chi connectivity index (χ3v) is 3.93. The lowest BCUT2D eigenvalue weighted by Gasteiger charge is -2.15.